The fourth-order valence-corrected chi connectivity index (χ4v) is 6.40. The lowest BCUT2D eigenvalue weighted by molar-refractivity contribution is -0.146. The topological polar surface area (TPSA) is 182 Å². The molecule has 36 heavy (non-hydrogen) atoms. The summed E-state index contributed by atoms with van der Waals surface area (Å²) in [7, 11) is 0. The van der Waals surface area contributed by atoms with Gasteiger partial charge >= 0.3 is 0 Å². The number of fused-ring (bicyclic) bond motifs is 3. The Balaban J connectivity index is 1.68. The third kappa shape index (κ3) is 3.16. The number of halogens is 1. The van der Waals surface area contributed by atoms with Crippen LogP contribution in [-0.2, 0) is 16.0 Å². The van der Waals surface area contributed by atoms with E-state index in [-0.39, 0.29) is 47.7 Å². The number of rotatable bonds is 4. The Kier molecular flexibility index (Phi) is 5.69. The van der Waals surface area contributed by atoms with Crippen LogP contribution in [0.25, 0.3) is 0 Å². The second kappa shape index (κ2) is 8.39. The van der Waals surface area contributed by atoms with Crippen LogP contribution in [0.5, 0.6) is 5.75 Å². The first kappa shape index (κ1) is 24.4. The molecule has 192 valence electrons. The number of Topliss-reactive ketones (excluding diaryl/α,β-unsaturated/α-hetero) is 2. The minimum absolute atomic E-state index is 0.00964. The summed E-state index contributed by atoms with van der Waals surface area (Å²) in [5.41, 5.74) is 1.33. The number of primary amides is 1. The highest BCUT2D eigenvalue weighted by Crippen LogP contribution is 2.52. The van der Waals surface area contributed by atoms with Crippen molar-refractivity contribution in [1.82, 2.24) is 10.6 Å². The Morgan fingerprint density at radius 3 is 2.64 bits per heavy atom. The maximum absolute atomic E-state index is 15.7. The van der Waals surface area contributed by atoms with Gasteiger partial charge in [0.05, 0.1) is 11.6 Å². The third-order valence-electron chi connectivity index (χ3n) is 8.02. The van der Waals surface area contributed by atoms with Crippen LogP contribution in [0.2, 0.25) is 0 Å². The zero-order chi connectivity index (χ0) is 26.1. The number of phenolic OH excluding ortho intramolecular Hbond substituents is 1. The Bertz CT molecular complexity index is 1270. The quantitative estimate of drug-likeness (QED) is 0.293. The van der Waals surface area contributed by atoms with Gasteiger partial charge in [0.1, 0.15) is 28.7 Å². The van der Waals surface area contributed by atoms with Gasteiger partial charge in [-0.2, -0.15) is 0 Å². The SMILES string of the molecule is CCN[C@@H]1C(O)=C(C(N)=O)C(=O)[C@@]2(O)C(O)=C3C(=O)c4c(O)cc(C5CCCN5)c(F)c4C[C@H]3C[C@@H]12. The summed E-state index contributed by atoms with van der Waals surface area (Å²) in [6.07, 6.45) is 1.35. The Morgan fingerprint density at radius 1 is 1.31 bits per heavy atom. The number of likely N-dealkylation sites (N-methyl/N-ethyl adjacent to an activating group) is 1. The van der Waals surface area contributed by atoms with E-state index in [2.05, 4.69) is 10.6 Å². The van der Waals surface area contributed by atoms with Crippen LogP contribution in [0.3, 0.4) is 0 Å². The van der Waals surface area contributed by atoms with Crippen molar-refractivity contribution >= 4 is 17.5 Å². The van der Waals surface area contributed by atoms with Crippen LogP contribution < -0.4 is 16.4 Å². The fourth-order valence-electron chi connectivity index (χ4n) is 6.40. The van der Waals surface area contributed by atoms with E-state index in [1.807, 2.05) is 0 Å². The predicted molar refractivity (Wildman–Crippen MR) is 124 cm³/mol. The molecule has 11 heteroatoms. The number of hydrogen-bond acceptors (Lipinski definition) is 9. The van der Waals surface area contributed by atoms with E-state index in [9.17, 15) is 34.8 Å². The number of aliphatic hydroxyl groups excluding tert-OH is 2. The van der Waals surface area contributed by atoms with Crippen LogP contribution in [0.1, 0.15) is 53.7 Å². The van der Waals surface area contributed by atoms with Gasteiger partial charge in [0.2, 0.25) is 5.78 Å². The maximum Gasteiger partial charge on any atom is 0.255 e. The lowest BCUT2D eigenvalue weighted by Gasteiger charge is -2.48. The number of hydrogen-bond donors (Lipinski definition) is 7. The van der Waals surface area contributed by atoms with E-state index in [4.69, 9.17) is 5.73 Å². The monoisotopic (exact) mass is 501 g/mol. The van der Waals surface area contributed by atoms with Crippen molar-refractivity contribution in [1.29, 1.82) is 0 Å². The van der Waals surface area contributed by atoms with Crippen LogP contribution >= 0.6 is 0 Å². The molecule has 0 bridgehead atoms. The lowest BCUT2D eigenvalue weighted by Crippen LogP contribution is -2.64. The molecule has 0 radical (unpaired) electrons. The van der Waals surface area contributed by atoms with Crippen LogP contribution in [-0.4, -0.2) is 62.6 Å². The number of phenols is 1. The molecule has 0 saturated carbocycles. The van der Waals surface area contributed by atoms with E-state index in [1.165, 1.54) is 6.07 Å². The molecule has 5 atom stereocenters. The standard InChI is InChI=1S/C25H28FN3O7/c1-2-28-19-12-7-9-6-11-16(14(30)8-10(18(11)26)13-4-3-5-29-13)20(31)15(9)22(33)25(12,36)23(34)17(21(19)32)24(27)35/h8-9,12-13,19,28-30,32-33,36H,2-7H2,1H3,(H2,27,35)/t9-,12-,13?,19-,25-/m0/s1. The molecule has 1 unspecified atom stereocenters. The number of ketones is 2. The van der Waals surface area contributed by atoms with Gasteiger partial charge in [0, 0.05) is 28.7 Å². The first-order valence-electron chi connectivity index (χ1n) is 12.0. The normalized spacial score (nSPS) is 31.9. The third-order valence-corrected chi connectivity index (χ3v) is 8.02. The molecule has 1 heterocycles. The number of nitrogens with one attached hydrogen (secondary N) is 2. The molecule has 3 aliphatic carbocycles. The molecule has 1 fully saturated rings. The Labute approximate surface area is 205 Å². The number of amides is 1. The minimum atomic E-state index is -2.72. The minimum Gasteiger partial charge on any atom is -0.510 e. The predicted octanol–water partition coefficient (Wildman–Crippen LogP) is 0.732. The first-order chi connectivity index (χ1) is 17.0. The van der Waals surface area contributed by atoms with Crippen molar-refractivity contribution in [2.75, 3.05) is 13.1 Å². The molecular weight excluding hydrogens is 473 g/mol. The molecular formula is C25H28FN3O7. The van der Waals surface area contributed by atoms with Crippen molar-refractivity contribution in [3.05, 3.63) is 51.2 Å². The second-order valence-electron chi connectivity index (χ2n) is 9.89. The number of carbonyl (C=O) groups is 3. The molecule has 5 rings (SSSR count). The maximum atomic E-state index is 15.7. The van der Waals surface area contributed by atoms with E-state index >= 15 is 4.39 Å². The molecule has 0 spiro atoms. The van der Waals surface area contributed by atoms with Crippen LogP contribution in [0.15, 0.2) is 28.7 Å². The largest absolute Gasteiger partial charge is 0.510 e. The molecule has 10 nitrogen and oxygen atoms in total. The van der Waals surface area contributed by atoms with E-state index in [0.717, 1.165) is 6.42 Å². The molecule has 1 amide bonds. The van der Waals surface area contributed by atoms with Crippen molar-refractivity contribution in [2.45, 2.75) is 50.3 Å². The van der Waals surface area contributed by atoms with Gasteiger partial charge in [-0.15, -0.1) is 0 Å². The summed E-state index contributed by atoms with van der Waals surface area (Å²) in [6.45, 7) is 2.67. The summed E-state index contributed by atoms with van der Waals surface area (Å²) in [6, 6.07) is -0.235. The number of aliphatic hydroxyl groups is 3. The van der Waals surface area contributed by atoms with Gasteiger partial charge in [-0.25, -0.2) is 4.39 Å². The summed E-state index contributed by atoms with van der Waals surface area (Å²) < 4.78 is 15.7. The molecule has 8 N–H and O–H groups in total. The van der Waals surface area contributed by atoms with Crippen molar-refractivity contribution in [2.24, 2.45) is 17.6 Å². The summed E-state index contributed by atoms with van der Waals surface area (Å²) >= 11 is 0. The average Bonchev–Trinajstić information content (AvgIpc) is 3.35. The Hall–Kier alpha value is -3.28. The van der Waals surface area contributed by atoms with E-state index in [0.29, 0.717) is 13.0 Å². The van der Waals surface area contributed by atoms with Gasteiger partial charge in [-0.3, -0.25) is 14.4 Å². The van der Waals surface area contributed by atoms with Crippen molar-refractivity contribution in [3.8, 4) is 5.75 Å². The van der Waals surface area contributed by atoms with Gasteiger partial charge < -0.3 is 36.8 Å². The molecule has 4 aliphatic rings. The van der Waals surface area contributed by atoms with Gasteiger partial charge in [-0.05, 0) is 50.8 Å². The molecule has 1 saturated heterocycles. The van der Waals surface area contributed by atoms with Crippen molar-refractivity contribution < 1.29 is 39.2 Å². The summed E-state index contributed by atoms with van der Waals surface area (Å²) in [4.78, 5) is 38.7. The highest BCUT2D eigenvalue weighted by molar-refractivity contribution is 6.24. The molecule has 1 aliphatic heterocycles. The second-order valence-corrected chi connectivity index (χ2v) is 9.89. The number of allylic oxidation sites excluding steroid dienone is 1. The van der Waals surface area contributed by atoms with E-state index < -0.39 is 69.6 Å². The van der Waals surface area contributed by atoms with Gasteiger partial charge in [0.25, 0.3) is 5.91 Å². The fraction of sp³-hybridized carbons (Fsp3) is 0.480. The summed E-state index contributed by atoms with van der Waals surface area (Å²) in [5, 5.41) is 50.2. The molecule has 0 aromatic heterocycles. The Morgan fingerprint density at radius 2 is 2.03 bits per heavy atom. The van der Waals surface area contributed by atoms with Crippen molar-refractivity contribution in [3.63, 3.8) is 0 Å². The van der Waals surface area contributed by atoms with Crippen LogP contribution in [0.4, 0.5) is 4.39 Å². The van der Waals surface area contributed by atoms with Gasteiger partial charge in [0.15, 0.2) is 11.4 Å². The highest BCUT2D eigenvalue weighted by atomic mass is 19.1. The zero-order valence-corrected chi connectivity index (χ0v) is 19.6. The first-order valence-corrected chi connectivity index (χ1v) is 12.0. The molecule has 1 aromatic carbocycles. The number of benzene rings is 1. The number of carbonyl (C=O) groups excluding carboxylic acids is 3. The zero-order valence-electron chi connectivity index (χ0n) is 19.6. The van der Waals surface area contributed by atoms with Crippen LogP contribution in [0, 0.1) is 17.7 Å². The number of aromatic hydroxyl groups is 1. The highest BCUT2D eigenvalue weighted by Gasteiger charge is 2.62. The lowest BCUT2D eigenvalue weighted by atomic mass is 9.58. The average molecular weight is 502 g/mol. The summed E-state index contributed by atoms with van der Waals surface area (Å²) in [5.74, 6) is -8.19. The number of nitrogens with two attached hydrogens (primary N) is 1. The van der Waals surface area contributed by atoms with E-state index in [1.54, 1.807) is 6.92 Å². The van der Waals surface area contributed by atoms with Gasteiger partial charge in [-0.1, -0.05) is 6.92 Å². The smallest absolute Gasteiger partial charge is 0.255 e. The molecule has 1 aromatic rings.